The molecule has 1 aromatic rings. The average Bonchev–Trinajstić information content (AvgIpc) is 2.20. The Balaban J connectivity index is 2.27. The Labute approximate surface area is 108 Å². The number of aryl methyl sites for hydroxylation is 1. The van der Waals surface area contributed by atoms with Crippen LogP contribution in [-0.2, 0) is 6.42 Å². The fraction of sp³-hybridized carbons (Fsp3) is 0.538. The molecule has 1 N–H and O–H groups in total. The second-order valence-electron chi connectivity index (χ2n) is 4.44. The third kappa shape index (κ3) is 5.20. The van der Waals surface area contributed by atoms with Crippen LogP contribution in [0.15, 0.2) is 18.2 Å². The molecular formula is C13H19Cl2N. The van der Waals surface area contributed by atoms with Crippen LogP contribution in [-0.4, -0.2) is 13.1 Å². The van der Waals surface area contributed by atoms with Crippen molar-refractivity contribution in [2.75, 3.05) is 13.1 Å². The van der Waals surface area contributed by atoms with Gasteiger partial charge < -0.3 is 5.32 Å². The number of rotatable bonds is 6. The van der Waals surface area contributed by atoms with Gasteiger partial charge in [0.05, 0.1) is 0 Å². The fourth-order valence-corrected chi connectivity index (χ4v) is 2.02. The Bertz CT molecular complexity index is 324. The average molecular weight is 260 g/mol. The molecule has 0 spiro atoms. The first-order chi connectivity index (χ1) is 7.59. The largest absolute Gasteiger partial charge is 0.316 e. The van der Waals surface area contributed by atoms with E-state index >= 15 is 0 Å². The van der Waals surface area contributed by atoms with E-state index < -0.39 is 0 Å². The van der Waals surface area contributed by atoms with Gasteiger partial charge in [-0.15, -0.1) is 0 Å². The number of hydrogen-bond donors (Lipinski definition) is 1. The van der Waals surface area contributed by atoms with Crippen molar-refractivity contribution >= 4 is 23.2 Å². The Hall–Kier alpha value is -0.240. The Morgan fingerprint density at radius 2 is 2.00 bits per heavy atom. The first kappa shape index (κ1) is 13.8. The van der Waals surface area contributed by atoms with Crippen molar-refractivity contribution in [1.82, 2.24) is 5.32 Å². The monoisotopic (exact) mass is 259 g/mol. The van der Waals surface area contributed by atoms with Gasteiger partial charge in [-0.2, -0.15) is 0 Å². The topological polar surface area (TPSA) is 12.0 Å². The van der Waals surface area contributed by atoms with E-state index in [-0.39, 0.29) is 0 Å². The number of hydrogen-bond acceptors (Lipinski definition) is 1. The molecule has 0 aromatic heterocycles. The van der Waals surface area contributed by atoms with Crippen molar-refractivity contribution in [2.24, 2.45) is 5.92 Å². The lowest BCUT2D eigenvalue weighted by Crippen LogP contribution is -2.21. The zero-order valence-corrected chi connectivity index (χ0v) is 11.4. The molecule has 0 bridgehead atoms. The highest BCUT2D eigenvalue weighted by molar-refractivity contribution is 6.35. The van der Waals surface area contributed by atoms with Crippen LogP contribution in [0.1, 0.15) is 25.8 Å². The molecule has 0 atom stereocenters. The van der Waals surface area contributed by atoms with Crippen LogP contribution < -0.4 is 5.32 Å². The maximum absolute atomic E-state index is 6.09. The molecule has 0 aliphatic carbocycles. The summed E-state index contributed by atoms with van der Waals surface area (Å²) >= 11 is 11.9. The summed E-state index contributed by atoms with van der Waals surface area (Å²) in [6.45, 7) is 6.54. The molecule has 0 aliphatic heterocycles. The predicted molar refractivity (Wildman–Crippen MR) is 72.5 cm³/mol. The molecular weight excluding hydrogens is 241 g/mol. The molecule has 1 nitrogen and oxygen atoms in total. The van der Waals surface area contributed by atoms with E-state index in [0.29, 0.717) is 10.9 Å². The minimum Gasteiger partial charge on any atom is -0.316 e. The first-order valence-electron chi connectivity index (χ1n) is 5.74. The Morgan fingerprint density at radius 1 is 1.25 bits per heavy atom. The number of benzene rings is 1. The Kier molecular flexibility index (Phi) is 6.18. The van der Waals surface area contributed by atoms with Crippen molar-refractivity contribution < 1.29 is 0 Å². The predicted octanol–water partition coefficient (Wildman–Crippen LogP) is 4.17. The molecule has 3 heteroatoms. The number of halogens is 2. The second kappa shape index (κ2) is 7.16. The van der Waals surface area contributed by atoms with E-state index in [1.165, 1.54) is 5.56 Å². The van der Waals surface area contributed by atoms with Gasteiger partial charge in [-0.05, 0) is 49.5 Å². The lowest BCUT2D eigenvalue weighted by molar-refractivity contribution is 0.543. The highest BCUT2D eigenvalue weighted by Crippen LogP contribution is 2.21. The smallest absolute Gasteiger partial charge is 0.0452 e. The summed E-state index contributed by atoms with van der Waals surface area (Å²) in [5.74, 6) is 0.708. The van der Waals surface area contributed by atoms with Gasteiger partial charge in [0, 0.05) is 10.0 Å². The van der Waals surface area contributed by atoms with Crippen molar-refractivity contribution in [3.05, 3.63) is 33.8 Å². The zero-order chi connectivity index (χ0) is 12.0. The van der Waals surface area contributed by atoms with Crippen LogP contribution in [0.5, 0.6) is 0 Å². The molecule has 0 amide bonds. The van der Waals surface area contributed by atoms with Crippen molar-refractivity contribution in [3.63, 3.8) is 0 Å². The first-order valence-corrected chi connectivity index (χ1v) is 6.50. The minimum absolute atomic E-state index is 0.701. The van der Waals surface area contributed by atoms with Gasteiger partial charge in [-0.25, -0.2) is 0 Å². The van der Waals surface area contributed by atoms with Crippen LogP contribution in [0.3, 0.4) is 0 Å². The molecule has 0 fully saturated rings. The van der Waals surface area contributed by atoms with Gasteiger partial charge in [-0.3, -0.25) is 0 Å². The lowest BCUT2D eigenvalue weighted by atomic mass is 10.1. The van der Waals surface area contributed by atoms with Crippen LogP contribution >= 0.6 is 23.2 Å². The molecule has 0 radical (unpaired) electrons. The van der Waals surface area contributed by atoms with E-state index in [1.54, 1.807) is 6.07 Å². The van der Waals surface area contributed by atoms with E-state index in [1.807, 2.05) is 12.1 Å². The van der Waals surface area contributed by atoms with Crippen LogP contribution in [0, 0.1) is 5.92 Å². The fourth-order valence-electron chi connectivity index (χ4n) is 1.52. The molecule has 0 aliphatic rings. The third-order valence-electron chi connectivity index (χ3n) is 2.37. The van der Waals surface area contributed by atoms with Crippen molar-refractivity contribution in [2.45, 2.75) is 26.7 Å². The normalized spacial score (nSPS) is 11.1. The summed E-state index contributed by atoms with van der Waals surface area (Å²) in [5, 5.41) is 4.89. The van der Waals surface area contributed by atoms with E-state index in [9.17, 15) is 0 Å². The molecule has 0 saturated heterocycles. The summed E-state index contributed by atoms with van der Waals surface area (Å²) in [6.07, 6.45) is 2.11. The summed E-state index contributed by atoms with van der Waals surface area (Å²) in [4.78, 5) is 0. The van der Waals surface area contributed by atoms with Gasteiger partial charge in [0.15, 0.2) is 0 Å². The van der Waals surface area contributed by atoms with Gasteiger partial charge in [0.1, 0.15) is 0 Å². The molecule has 1 aromatic carbocycles. The summed E-state index contributed by atoms with van der Waals surface area (Å²) in [7, 11) is 0. The molecule has 1 rings (SSSR count). The van der Waals surface area contributed by atoms with Crippen LogP contribution in [0.25, 0.3) is 0 Å². The summed E-state index contributed by atoms with van der Waals surface area (Å²) in [5.41, 5.74) is 1.18. The minimum atomic E-state index is 0.701. The molecule has 0 heterocycles. The number of nitrogens with one attached hydrogen (secondary N) is 1. The van der Waals surface area contributed by atoms with Crippen LogP contribution in [0.4, 0.5) is 0 Å². The summed E-state index contributed by atoms with van der Waals surface area (Å²) in [6, 6.07) is 5.71. The molecule has 90 valence electrons. The Morgan fingerprint density at radius 3 is 2.62 bits per heavy atom. The second-order valence-corrected chi connectivity index (χ2v) is 5.28. The van der Waals surface area contributed by atoms with Gasteiger partial charge in [-0.1, -0.05) is 43.1 Å². The van der Waals surface area contributed by atoms with E-state index in [4.69, 9.17) is 23.2 Å². The SMILES string of the molecule is CC(C)CNCCCc1ccc(Cl)cc1Cl. The standard InChI is InChI=1S/C13H19Cl2N/c1-10(2)9-16-7-3-4-11-5-6-12(14)8-13(11)15/h5-6,8,10,16H,3-4,7,9H2,1-2H3. The van der Waals surface area contributed by atoms with E-state index in [0.717, 1.165) is 31.0 Å². The highest BCUT2D eigenvalue weighted by Gasteiger charge is 2.01. The third-order valence-corrected chi connectivity index (χ3v) is 2.95. The maximum Gasteiger partial charge on any atom is 0.0452 e. The summed E-state index contributed by atoms with van der Waals surface area (Å²) < 4.78 is 0. The zero-order valence-electron chi connectivity index (χ0n) is 9.89. The molecule has 0 saturated carbocycles. The van der Waals surface area contributed by atoms with Gasteiger partial charge >= 0.3 is 0 Å². The van der Waals surface area contributed by atoms with Crippen molar-refractivity contribution in [1.29, 1.82) is 0 Å². The molecule has 16 heavy (non-hydrogen) atoms. The quantitative estimate of drug-likeness (QED) is 0.757. The van der Waals surface area contributed by atoms with Gasteiger partial charge in [0.25, 0.3) is 0 Å². The highest BCUT2D eigenvalue weighted by atomic mass is 35.5. The van der Waals surface area contributed by atoms with E-state index in [2.05, 4.69) is 19.2 Å². The van der Waals surface area contributed by atoms with Crippen molar-refractivity contribution in [3.8, 4) is 0 Å². The lowest BCUT2D eigenvalue weighted by Gasteiger charge is -2.08. The maximum atomic E-state index is 6.09. The van der Waals surface area contributed by atoms with Gasteiger partial charge in [0.2, 0.25) is 0 Å². The molecule has 0 unspecified atom stereocenters. The van der Waals surface area contributed by atoms with Crippen LogP contribution in [0.2, 0.25) is 10.0 Å².